The molecule has 0 unspecified atom stereocenters. The summed E-state index contributed by atoms with van der Waals surface area (Å²) >= 11 is 0. The molecule has 0 spiro atoms. The predicted molar refractivity (Wildman–Crippen MR) is 205 cm³/mol. The number of sulfonamides is 1. The van der Waals surface area contributed by atoms with Gasteiger partial charge in [-0.3, -0.25) is 9.78 Å². The molecule has 12 nitrogen and oxygen atoms in total. The molecule has 4 aromatic rings. The lowest BCUT2D eigenvalue weighted by Crippen LogP contribution is -2.59. The van der Waals surface area contributed by atoms with Gasteiger partial charge < -0.3 is 25.4 Å². The van der Waals surface area contributed by atoms with Crippen LogP contribution in [0.1, 0.15) is 51.3 Å². The second-order valence-corrected chi connectivity index (χ2v) is 17.0. The molecule has 2 heterocycles. The number of oxime groups is 1. The fraction of sp³-hybridized carbons (Fsp3) is 0.400. The van der Waals surface area contributed by atoms with E-state index in [1.807, 2.05) is 95.3 Å². The van der Waals surface area contributed by atoms with Crippen LogP contribution in [-0.2, 0) is 27.8 Å². The third-order valence-corrected chi connectivity index (χ3v) is 11.2. The highest BCUT2D eigenvalue weighted by molar-refractivity contribution is 7.89. The summed E-state index contributed by atoms with van der Waals surface area (Å²) in [5.74, 6) is -0.496. The van der Waals surface area contributed by atoms with Crippen molar-refractivity contribution in [3.05, 3.63) is 108 Å². The predicted octanol–water partition coefficient (Wildman–Crippen LogP) is 5.13. The first-order chi connectivity index (χ1) is 25.2. The number of aliphatic hydroxyl groups is 1. The highest BCUT2D eigenvalue weighted by Gasteiger charge is 2.44. The lowest BCUT2D eigenvalue weighted by molar-refractivity contribution is -0.130. The van der Waals surface area contributed by atoms with Crippen LogP contribution in [-0.4, -0.2) is 100 Å². The molecule has 0 bridgehead atoms. The van der Waals surface area contributed by atoms with Crippen LogP contribution in [0.15, 0.2) is 101 Å². The van der Waals surface area contributed by atoms with Crippen molar-refractivity contribution >= 4 is 39.1 Å². The van der Waals surface area contributed by atoms with Gasteiger partial charge in [0, 0.05) is 44.3 Å². The number of nitrogens with one attached hydrogen (secondary N) is 1. The number of aromatic nitrogens is 1. The zero-order valence-corrected chi connectivity index (χ0v) is 31.8. The standard InChI is InChI=1S/C40H50N6O6S/c1-28(2)25-45(53(51,52)33-16-13-30(14-17-33)24-42-50)27-36(47)35(23-29-10-7-6-8-11-29)43-38(48)37(40(3,4)5)46-21-20-44(39(46)49)26-31-15-18-34-32(22-31)12-9-19-41-34/h6-19,22,24,28,35-37,47,50H,20-21,23,25-27H2,1-5H3,(H,43,48)/b42-24+/t35-,36+,37+/m0/s1. The van der Waals surface area contributed by atoms with Crippen LogP contribution >= 0.6 is 0 Å². The minimum atomic E-state index is -4.07. The molecule has 3 atom stereocenters. The SMILES string of the molecule is CC(C)CN(C[C@@H](O)[C@H](Cc1ccccc1)NC(=O)[C@@H](N1CCN(Cc2ccc3ncccc3c2)C1=O)C(C)(C)C)S(=O)(=O)c1ccc(/C=N/O)cc1. The smallest absolute Gasteiger partial charge is 0.321 e. The van der Waals surface area contributed by atoms with Gasteiger partial charge in [0.2, 0.25) is 15.9 Å². The fourth-order valence-corrected chi connectivity index (χ4v) is 8.42. The summed E-state index contributed by atoms with van der Waals surface area (Å²) in [6, 6.07) is 23.0. The molecule has 0 radical (unpaired) electrons. The Hall–Kier alpha value is -4.85. The number of hydrogen-bond acceptors (Lipinski definition) is 8. The van der Waals surface area contributed by atoms with Crippen molar-refractivity contribution in [2.75, 3.05) is 26.2 Å². The molecule has 3 aromatic carbocycles. The lowest BCUT2D eigenvalue weighted by Gasteiger charge is -2.38. The Morgan fingerprint density at radius 2 is 1.70 bits per heavy atom. The highest BCUT2D eigenvalue weighted by atomic mass is 32.2. The molecule has 3 N–H and O–H groups in total. The first kappa shape index (κ1) is 39.4. The van der Waals surface area contributed by atoms with Crippen LogP contribution in [0.3, 0.4) is 0 Å². The average molecular weight is 743 g/mol. The van der Waals surface area contributed by atoms with Crippen LogP contribution < -0.4 is 5.32 Å². The van der Waals surface area contributed by atoms with Crippen molar-refractivity contribution in [3.63, 3.8) is 0 Å². The van der Waals surface area contributed by atoms with E-state index in [0.29, 0.717) is 25.2 Å². The molecular formula is C40H50N6O6S. The number of pyridine rings is 1. The Morgan fingerprint density at radius 3 is 2.36 bits per heavy atom. The second-order valence-electron chi connectivity index (χ2n) is 15.1. The summed E-state index contributed by atoms with van der Waals surface area (Å²) in [6.45, 7) is 10.5. The summed E-state index contributed by atoms with van der Waals surface area (Å²) in [5.41, 5.74) is 2.52. The quantitative estimate of drug-likeness (QED) is 0.0867. The summed E-state index contributed by atoms with van der Waals surface area (Å²) in [7, 11) is -4.07. The van der Waals surface area contributed by atoms with Gasteiger partial charge in [-0.2, -0.15) is 4.31 Å². The number of fused-ring (bicyclic) bond motifs is 1. The molecule has 0 aliphatic carbocycles. The first-order valence-corrected chi connectivity index (χ1v) is 19.3. The van der Waals surface area contributed by atoms with Gasteiger partial charge in [0.1, 0.15) is 6.04 Å². The van der Waals surface area contributed by atoms with Gasteiger partial charge >= 0.3 is 6.03 Å². The van der Waals surface area contributed by atoms with Crippen molar-refractivity contribution in [1.82, 2.24) is 24.4 Å². The summed E-state index contributed by atoms with van der Waals surface area (Å²) < 4.78 is 29.1. The number of nitrogens with zero attached hydrogens (tertiary/aromatic N) is 5. The number of urea groups is 1. The maximum Gasteiger partial charge on any atom is 0.321 e. The van der Waals surface area contributed by atoms with Gasteiger partial charge in [0.15, 0.2) is 0 Å². The summed E-state index contributed by atoms with van der Waals surface area (Å²) in [4.78, 5) is 36.1. The number of carbonyl (C=O) groups excluding carboxylic acids is 2. The van der Waals surface area contributed by atoms with E-state index in [2.05, 4.69) is 15.5 Å². The number of amides is 3. The molecule has 1 aliphatic rings. The fourth-order valence-electron chi connectivity index (χ4n) is 6.80. The molecule has 13 heteroatoms. The van der Waals surface area contributed by atoms with E-state index in [1.54, 1.807) is 16.0 Å². The number of benzene rings is 3. The largest absolute Gasteiger partial charge is 0.411 e. The maximum absolute atomic E-state index is 14.4. The van der Waals surface area contributed by atoms with Crippen molar-refractivity contribution in [2.45, 2.75) is 70.7 Å². The van der Waals surface area contributed by atoms with Crippen molar-refractivity contribution in [1.29, 1.82) is 0 Å². The third-order valence-electron chi connectivity index (χ3n) is 9.32. The van der Waals surface area contributed by atoms with Crippen LogP contribution in [0, 0.1) is 11.3 Å². The number of carbonyl (C=O) groups is 2. The van der Waals surface area contributed by atoms with Gasteiger partial charge in [-0.15, -0.1) is 0 Å². The van der Waals surface area contributed by atoms with Crippen molar-refractivity contribution < 1.29 is 28.3 Å². The summed E-state index contributed by atoms with van der Waals surface area (Å²) in [6.07, 6.45) is 1.87. The van der Waals surface area contributed by atoms with Gasteiger partial charge in [-0.05, 0) is 64.8 Å². The molecule has 1 aliphatic heterocycles. The lowest BCUT2D eigenvalue weighted by atomic mass is 9.84. The molecule has 1 fully saturated rings. The van der Waals surface area contributed by atoms with E-state index in [-0.39, 0.29) is 36.4 Å². The summed E-state index contributed by atoms with van der Waals surface area (Å²) in [5, 5.41) is 27.8. The van der Waals surface area contributed by atoms with Gasteiger partial charge in [0.05, 0.1) is 28.8 Å². The molecule has 5 rings (SSSR count). The molecular weight excluding hydrogens is 693 g/mol. The Balaban J connectivity index is 1.38. The zero-order chi connectivity index (χ0) is 38.3. The average Bonchev–Trinajstić information content (AvgIpc) is 3.45. The topological polar surface area (TPSA) is 156 Å². The Bertz CT molecular complexity index is 2000. The van der Waals surface area contributed by atoms with E-state index in [4.69, 9.17) is 5.21 Å². The van der Waals surface area contributed by atoms with E-state index in [0.717, 1.165) is 22.0 Å². The number of aliphatic hydroxyl groups excluding tert-OH is 1. The minimum Gasteiger partial charge on any atom is -0.411 e. The Kier molecular flexibility index (Phi) is 12.5. The maximum atomic E-state index is 14.4. The van der Waals surface area contributed by atoms with E-state index >= 15 is 0 Å². The van der Waals surface area contributed by atoms with Crippen LogP contribution in [0.25, 0.3) is 10.9 Å². The third kappa shape index (κ3) is 9.78. The van der Waals surface area contributed by atoms with Crippen LogP contribution in [0.2, 0.25) is 0 Å². The first-order valence-electron chi connectivity index (χ1n) is 17.9. The molecule has 1 saturated heterocycles. The van der Waals surface area contributed by atoms with Crippen molar-refractivity contribution in [3.8, 4) is 0 Å². The van der Waals surface area contributed by atoms with Gasteiger partial charge in [0.25, 0.3) is 0 Å². The molecule has 3 amide bonds. The molecule has 0 saturated carbocycles. The highest BCUT2D eigenvalue weighted by Crippen LogP contribution is 2.29. The van der Waals surface area contributed by atoms with Gasteiger partial charge in [-0.1, -0.05) is 94.4 Å². The molecule has 53 heavy (non-hydrogen) atoms. The van der Waals surface area contributed by atoms with Crippen molar-refractivity contribution in [2.24, 2.45) is 16.5 Å². The van der Waals surface area contributed by atoms with E-state index in [9.17, 15) is 23.1 Å². The van der Waals surface area contributed by atoms with Gasteiger partial charge in [-0.25, -0.2) is 13.2 Å². The van der Waals surface area contributed by atoms with E-state index < -0.39 is 39.5 Å². The van der Waals surface area contributed by atoms with E-state index in [1.165, 1.54) is 34.8 Å². The Morgan fingerprint density at radius 1 is 0.981 bits per heavy atom. The second kappa shape index (κ2) is 16.9. The molecule has 1 aromatic heterocycles. The molecule has 282 valence electrons. The Labute approximate surface area is 312 Å². The number of hydrogen-bond donors (Lipinski definition) is 3. The van der Waals surface area contributed by atoms with Crippen LogP contribution in [0.4, 0.5) is 4.79 Å². The van der Waals surface area contributed by atoms with Crippen LogP contribution in [0.5, 0.6) is 0 Å². The monoisotopic (exact) mass is 742 g/mol. The number of rotatable bonds is 15. The zero-order valence-electron chi connectivity index (χ0n) is 31.0. The minimum absolute atomic E-state index is 0.0225. The normalized spacial score (nSPS) is 15.8.